The summed E-state index contributed by atoms with van der Waals surface area (Å²) in [5, 5.41) is 1.46. The van der Waals surface area contributed by atoms with Gasteiger partial charge in [0.05, 0.1) is 17.4 Å². The number of aromatic nitrogens is 4. The maximum atomic E-state index is 13.4. The molecule has 8 heteroatoms. The Kier molecular flexibility index (Phi) is 4.39. The Morgan fingerprint density at radius 2 is 1.71 bits per heavy atom. The molecule has 5 rings (SSSR count). The summed E-state index contributed by atoms with van der Waals surface area (Å²) < 4.78 is 27.8. The first-order chi connectivity index (χ1) is 15.0. The highest BCUT2D eigenvalue weighted by Crippen LogP contribution is 2.31. The summed E-state index contributed by atoms with van der Waals surface area (Å²) in [6.45, 7) is 0. The van der Waals surface area contributed by atoms with Crippen LogP contribution in [0.15, 0.2) is 82.8 Å². The first kappa shape index (κ1) is 18.8. The average Bonchev–Trinajstić information content (AvgIpc) is 2.79. The minimum atomic E-state index is -2.67. The van der Waals surface area contributed by atoms with Gasteiger partial charge in [-0.1, -0.05) is 48.5 Å². The number of fused-ring (bicyclic) bond motifs is 2. The molecule has 2 aromatic carbocycles. The summed E-state index contributed by atoms with van der Waals surface area (Å²) in [7, 11) is 0. The molecule has 0 bridgehead atoms. The zero-order valence-electron chi connectivity index (χ0n) is 15.9. The first-order valence-electron chi connectivity index (χ1n) is 9.40. The zero-order valence-corrected chi connectivity index (χ0v) is 15.9. The molecule has 1 N–H and O–H groups in total. The van der Waals surface area contributed by atoms with Crippen molar-refractivity contribution < 1.29 is 8.78 Å². The van der Waals surface area contributed by atoms with Crippen LogP contribution in [0.3, 0.4) is 0 Å². The number of rotatable bonds is 3. The molecule has 152 valence electrons. The van der Waals surface area contributed by atoms with Gasteiger partial charge in [-0.15, -0.1) is 0 Å². The van der Waals surface area contributed by atoms with Crippen LogP contribution in [-0.4, -0.2) is 19.5 Å². The second-order valence-corrected chi connectivity index (χ2v) is 6.96. The predicted octanol–water partition coefficient (Wildman–Crippen LogP) is 4.23. The fourth-order valence-corrected chi connectivity index (χ4v) is 3.69. The molecule has 5 aromatic rings. The van der Waals surface area contributed by atoms with Crippen LogP contribution in [0, 0.1) is 0 Å². The van der Waals surface area contributed by atoms with E-state index >= 15 is 0 Å². The molecule has 0 unspecified atom stereocenters. The van der Waals surface area contributed by atoms with E-state index in [2.05, 4.69) is 15.0 Å². The van der Waals surface area contributed by atoms with E-state index in [1.807, 2.05) is 12.1 Å². The van der Waals surface area contributed by atoms with E-state index in [1.165, 1.54) is 30.6 Å². The van der Waals surface area contributed by atoms with Gasteiger partial charge in [-0.3, -0.25) is 9.78 Å². The molecule has 0 saturated carbocycles. The molecule has 6 nitrogen and oxygen atoms in total. The summed E-state index contributed by atoms with van der Waals surface area (Å²) >= 11 is 0. The van der Waals surface area contributed by atoms with E-state index in [0.717, 1.165) is 9.95 Å². The Morgan fingerprint density at radius 1 is 0.935 bits per heavy atom. The van der Waals surface area contributed by atoms with Gasteiger partial charge in [-0.05, 0) is 11.6 Å². The van der Waals surface area contributed by atoms with Gasteiger partial charge in [0.2, 0.25) is 0 Å². The highest BCUT2D eigenvalue weighted by atomic mass is 19.3. The fraction of sp³-hybridized carbons (Fsp3) is 0.0435. The van der Waals surface area contributed by atoms with E-state index in [0.29, 0.717) is 16.6 Å². The highest BCUT2D eigenvalue weighted by Gasteiger charge is 2.17. The van der Waals surface area contributed by atoms with Gasteiger partial charge in [0.25, 0.3) is 12.0 Å². The topological polar surface area (TPSA) is 80.6 Å². The second-order valence-electron chi connectivity index (χ2n) is 6.96. The quantitative estimate of drug-likeness (QED) is 0.477. The van der Waals surface area contributed by atoms with Gasteiger partial charge in [-0.2, -0.15) is 0 Å². The van der Waals surface area contributed by atoms with Gasteiger partial charge < -0.3 is 4.98 Å². The summed E-state index contributed by atoms with van der Waals surface area (Å²) in [5.41, 5.74) is -0.256. The van der Waals surface area contributed by atoms with Crippen molar-refractivity contribution in [1.82, 2.24) is 19.5 Å². The largest absolute Gasteiger partial charge is 0.333 e. The van der Waals surface area contributed by atoms with Crippen LogP contribution >= 0.6 is 0 Å². The Balaban J connectivity index is 1.75. The smallest absolute Gasteiger partial charge is 0.305 e. The summed E-state index contributed by atoms with van der Waals surface area (Å²) in [6.07, 6.45) is 1.77. The highest BCUT2D eigenvalue weighted by molar-refractivity contribution is 5.89. The minimum absolute atomic E-state index is 0.0193. The molecule has 0 aliphatic rings. The molecule has 0 amide bonds. The zero-order chi connectivity index (χ0) is 21.5. The lowest BCUT2D eigenvalue weighted by atomic mass is 10.0. The number of hydrogen-bond acceptors (Lipinski definition) is 4. The van der Waals surface area contributed by atoms with Crippen LogP contribution in [0.5, 0.6) is 0 Å². The molecular weight excluding hydrogens is 402 g/mol. The van der Waals surface area contributed by atoms with Crippen molar-refractivity contribution in [2.75, 3.05) is 0 Å². The lowest BCUT2D eigenvalue weighted by molar-refractivity contribution is 0.152. The summed E-state index contributed by atoms with van der Waals surface area (Å²) in [6, 6.07) is 14.8. The van der Waals surface area contributed by atoms with Gasteiger partial charge in [0.1, 0.15) is 0 Å². The van der Waals surface area contributed by atoms with E-state index in [4.69, 9.17) is 0 Å². The van der Waals surface area contributed by atoms with Crippen LogP contribution in [0.4, 0.5) is 8.78 Å². The van der Waals surface area contributed by atoms with Crippen molar-refractivity contribution in [2.45, 2.75) is 6.43 Å². The number of aromatic amines is 1. The van der Waals surface area contributed by atoms with Gasteiger partial charge in [0.15, 0.2) is 5.52 Å². The third kappa shape index (κ3) is 3.09. The number of pyridine rings is 2. The van der Waals surface area contributed by atoms with Crippen LogP contribution in [-0.2, 0) is 0 Å². The lowest BCUT2D eigenvalue weighted by Crippen LogP contribution is -2.34. The van der Waals surface area contributed by atoms with E-state index in [-0.39, 0.29) is 22.2 Å². The van der Waals surface area contributed by atoms with Crippen molar-refractivity contribution in [2.24, 2.45) is 0 Å². The molecule has 3 heterocycles. The third-order valence-corrected chi connectivity index (χ3v) is 5.13. The van der Waals surface area contributed by atoms with Crippen molar-refractivity contribution in [3.8, 4) is 16.8 Å². The number of nitrogens with zero attached hydrogens (tertiary/aromatic N) is 3. The van der Waals surface area contributed by atoms with Crippen LogP contribution in [0.25, 0.3) is 38.6 Å². The third-order valence-electron chi connectivity index (χ3n) is 5.13. The fourth-order valence-electron chi connectivity index (χ4n) is 3.69. The minimum Gasteiger partial charge on any atom is -0.305 e. The monoisotopic (exact) mass is 416 g/mol. The van der Waals surface area contributed by atoms with Gasteiger partial charge in [0, 0.05) is 34.3 Å². The number of nitrogens with one attached hydrogen (secondary N) is 1. The standard InChI is InChI=1S/C23H14F2N4O2/c24-21(25)17-8-4-3-6-15(17)14-9-18-20(27-11-14)22(30)29(23(31)28-18)19-12-26-10-13-5-1-2-7-16(13)19/h1-12,21H,(H,28,31). The van der Waals surface area contributed by atoms with Crippen LogP contribution in [0.1, 0.15) is 12.0 Å². The maximum Gasteiger partial charge on any atom is 0.333 e. The second kappa shape index (κ2) is 7.24. The number of H-pyrrole nitrogens is 1. The van der Waals surface area contributed by atoms with Crippen molar-refractivity contribution in [1.29, 1.82) is 0 Å². The molecule has 0 aliphatic heterocycles. The molecule has 0 atom stereocenters. The Bertz CT molecular complexity index is 1570. The predicted molar refractivity (Wildman–Crippen MR) is 114 cm³/mol. The molecule has 0 fully saturated rings. The number of halogens is 2. The molecule has 0 spiro atoms. The summed E-state index contributed by atoms with van der Waals surface area (Å²) in [4.78, 5) is 37.0. The lowest BCUT2D eigenvalue weighted by Gasteiger charge is -2.11. The van der Waals surface area contributed by atoms with Crippen molar-refractivity contribution in [3.05, 3.63) is 99.6 Å². The summed E-state index contributed by atoms with van der Waals surface area (Å²) in [5.74, 6) is 0. The Hall–Kier alpha value is -4.20. The molecule has 3 aromatic heterocycles. The molecule has 0 radical (unpaired) electrons. The average molecular weight is 416 g/mol. The normalized spacial score (nSPS) is 11.5. The van der Waals surface area contributed by atoms with Gasteiger partial charge in [-0.25, -0.2) is 23.1 Å². The Morgan fingerprint density at radius 3 is 2.55 bits per heavy atom. The molecule has 31 heavy (non-hydrogen) atoms. The SMILES string of the molecule is O=c1[nH]c2cc(-c3ccccc3C(F)F)cnc2c(=O)n1-c1cncc2ccccc12. The van der Waals surface area contributed by atoms with Crippen molar-refractivity contribution >= 4 is 21.8 Å². The number of benzene rings is 2. The van der Waals surface area contributed by atoms with E-state index < -0.39 is 17.7 Å². The first-order valence-corrected chi connectivity index (χ1v) is 9.40. The van der Waals surface area contributed by atoms with E-state index in [1.54, 1.807) is 30.5 Å². The Labute approximate surface area is 173 Å². The molecule has 0 saturated heterocycles. The van der Waals surface area contributed by atoms with E-state index in [9.17, 15) is 18.4 Å². The van der Waals surface area contributed by atoms with Gasteiger partial charge >= 0.3 is 5.69 Å². The van der Waals surface area contributed by atoms with Crippen molar-refractivity contribution in [3.63, 3.8) is 0 Å². The van der Waals surface area contributed by atoms with Crippen LogP contribution in [0.2, 0.25) is 0 Å². The molecular formula is C23H14F2N4O2. The number of alkyl halides is 2. The maximum absolute atomic E-state index is 13.4. The van der Waals surface area contributed by atoms with Crippen LogP contribution < -0.4 is 11.2 Å². The number of hydrogen-bond donors (Lipinski definition) is 1. The molecule has 0 aliphatic carbocycles.